The minimum Gasteiger partial charge on any atom is -0.488 e. The molecule has 0 aromatic heterocycles. The van der Waals surface area contributed by atoms with Crippen LogP contribution in [0.1, 0.15) is 67.8 Å². The van der Waals surface area contributed by atoms with Gasteiger partial charge < -0.3 is 19.7 Å². The zero-order valence-corrected chi connectivity index (χ0v) is 25.1. The first-order chi connectivity index (χ1) is 21.1. The van der Waals surface area contributed by atoms with Crippen LogP contribution in [-0.2, 0) is 14.4 Å². The lowest BCUT2D eigenvalue weighted by atomic mass is 10.0. The third kappa shape index (κ3) is 8.89. The van der Waals surface area contributed by atoms with Gasteiger partial charge in [0.1, 0.15) is 12.4 Å². The molecule has 2 saturated heterocycles. The number of likely N-dealkylation sites (tertiary alicyclic amines) is 1. The lowest BCUT2D eigenvalue weighted by Crippen LogP contribution is -2.39. The van der Waals surface area contributed by atoms with E-state index in [2.05, 4.69) is 22.6 Å². The average Bonchev–Trinajstić information content (AvgIpc) is 3.05. The summed E-state index contributed by atoms with van der Waals surface area (Å²) in [5, 5.41) is 5.18. The molecule has 0 bridgehead atoms. The van der Waals surface area contributed by atoms with Crippen molar-refractivity contribution in [2.75, 3.05) is 32.8 Å². The number of hydrogen-bond acceptors (Lipinski definition) is 6. The summed E-state index contributed by atoms with van der Waals surface area (Å²) in [4.78, 5) is 33.9. The number of nitrogens with zero attached hydrogens (tertiary/aromatic N) is 1. The molecule has 2 N–H and O–H groups in total. The van der Waals surface area contributed by atoms with E-state index in [4.69, 9.17) is 14.3 Å². The molecule has 43 heavy (non-hydrogen) atoms. The van der Waals surface area contributed by atoms with Gasteiger partial charge in [-0.3, -0.25) is 9.59 Å². The largest absolute Gasteiger partial charge is 0.488 e. The molecule has 8 nitrogen and oxygen atoms in total. The van der Waals surface area contributed by atoms with E-state index in [1.807, 2.05) is 60.7 Å². The highest BCUT2D eigenvalue weighted by Gasteiger charge is 2.19. The molecule has 0 saturated carbocycles. The van der Waals surface area contributed by atoms with Gasteiger partial charge in [-0.2, -0.15) is 0 Å². The molecule has 3 aromatic rings. The first-order valence-electron chi connectivity index (χ1n) is 15.6. The van der Waals surface area contributed by atoms with Gasteiger partial charge in [-0.25, -0.2) is 10.3 Å². The van der Waals surface area contributed by atoms with Gasteiger partial charge in [0.25, 0.3) is 11.8 Å². The molecule has 0 radical (unpaired) electrons. The van der Waals surface area contributed by atoms with Gasteiger partial charge in [0, 0.05) is 43.1 Å². The number of hydroxylamine groups is 1. The third-order valence-electron chi connectivity index (χ3n) is 8.21. The number of fused-ring (bicyclic) bond motifs is 1. The zero-order chi connectivity index (χ0) is 29.9. The lowest BCUT2D eigenvalue weighted by molar-refractivity contribution is -0.186. The Bertz CT molecular complexity index is 1380. The maximum Gasteiger partial charge on any atom is 0.274 e. The van der Waals surface area contributed by atoms with Crippen molar-refractivity contribution in [3.8, 4) is 5.75 Å². The van der Waals surface area contributed by atoms with Gasteiger partial charge in [-0.1, -0.05) is 55.0 Å². The van der Waals surface area contributed by atoms with E-state index in [0.717, 1.165) is 60.9 Å². The van der Waals surface area contributed by atoms with Crippen LogP contribution in [0.2, 0.25) is 0 Å². The quantitative estimate of drug-likeness (QED) is 0.157. The number of rotatable bonds is 12. The predicted molar refractivity (Wildman–Crippen MR) is 169 cm³/mol. The Labute approximate surface area is 254 Å². The summed E-state index contributed by atoms with van der Waals surface area (Å²) >= 11 is 0. The molecular formula is C35H43N3O5. The van der Waals surface area contributed by atoms with Crippen LogP contribution >= 0.6 is 0 Å². The fraction of sp³-hybridized carbons (Fsp3) is 0.429. The Morgan fingerprint density at radius 2 is 1.79 bits per heavy atom. The van der Waals surface area contributed by atoms with Gasteiger partial charge in [-0.15, -0.1) is 0 Å². The second kappa shape index (κ2) is 15.7. The molecule has 0 spiro atoms. The molecule has 8 heteroatoms. The Morgan fingerprint density at radius 1 is 0.977 bits per heavy atom. The van der Waals surface area contributed by atoms with Crippen molar-refractivity contribution in [3.63, 3.8) is 0 Å². The van der Waals surface area contributed by atoms with Crippen LogP contribution in [0.5, 0.6) is 5.75 Å². The number of carbonyl (C=O) groups is 2. The van der Waals surface area contributed by atoms with Gasteiger partial charge in [0.05, 0.1) is 5.57 Å². The van der Waals surface area contributed by atoms with Crippen LogP contribution in [0.25, 0.3) is 16.8 Å². The van der Waals surface area contributed by atoms with Crippen LogP contribution in [0.3, 0.4) is 0 Å². The predicted octanol–water partition coefficient (Wildman–Crippen LogP) is 5.87. The lowest BCUT2D eigenvalue weighted by Gasteiger charge is -2.33. The molecule has 2 atom stereocenters. The first kappa shape index (κ1) is 30.7. The third-order valence-corrected chi connectivity index (χ3v) is 8.21. The van der Waals surface area contributed by atoms with Crippen molar-refractivity contribution in [3.05, 3.63) is 83.4 Å². The maximum absolute atomic E-state index is 13.4. The molecule has 2 amide bonds. The molecule has 0 aliphatic carbocycles. The van der Waals surface area contributed by atoms with E-state index in [1.165, 1.54) is 19.3 Å². The summed E-state index contributed by atoms with van der Waals surface area (Å²) in [6.45, 7) is 5.74. The number of piperidine rings is 1. The van der Waals surface area contributed by atoms with Gasteiger partial charge in [-0.05, 0) is 80.8 Å². The molecule has 2 aliphatic heterocycles. The molecule has 2 heterocycles. The number of ether oxygens (including phenoxy) is 2. The average molecular weight is 586 g/mol. The van der Waals surface area contributed by atoms with E-state index >= 15 is 0 Å². The smallest absolute Gasteiger partial charge is 0.274 e. The number of benzene rings is 3. The summed E-state index contributed by atoms with van der Waals surface area (Å²) in [5.74, 6) is 0.226. The summed E-state index contributed by atoms with van der Waals surface area (Å²) in [6.07, 6.45) is 8.87. The number of nitrogens with one attached hydrogen (secondary N) is 2. The highest BCUT2D eigenvalue weighted by atomic mass is 16.8. The van der Waals surface area contributed by atoms with Crippen molar-refractivity contribution in [1.82, 2.24) is 15.7 Å². The van der Waals surface area contributed by atoms with Crippen LogP contribution in [0, 0.1) is 0 Å². The minimum atomic E-state index is -0.411. The number of hydrogen-bond donors (Lipinski definition) is 2. The second-order valence-electron chi connectivity index (χ2n) is 11.4. The molecular weight excluding hydrogens is 542 g/mol. The molecule has 3 aromatic carbocycles. The van der Waals surface area contributed by atoms with Crippen LogP contribution < -0.4 is 15.5 Å². The van der Waals surface area contributed by atoms with E-state index < -0.39 is 6.29 Å². The zero-order valence-electron chi connectivity index (χ0n) is 25.1. The summed E-state index contributed by atoms with van der Waals surface area (Å²) < 4.78 is 11.7. The highest BCUT2D eigenvalue weighted by molar-refractivity contribution is 5.98. The van der Waals surface area contributed by atoms with Crippen molar-refractivity contribution in [2.45, 2.75) is 64.2 Å². The van der Waals surface area contributed by atoms with Crippen LogP contribution in [0.4, 0.5) is 0 Å². The normalized spacial score (nSPS) is 19.6. The summed E-state index contributed by atoms with van der Waals surface area (Å²) in [6, 6.07) is 21.6. The molecule has 2 aliphatic rings. The fourth-order valence-electron chi connectivity index (χ4n) is 5.65. The fourth-order valence-corrected chi connectivity index (χ4v) is 5.65. The minimum absolute atomic E-state index is 0.112. The second-order valence-corrected chi connectivity index (χ2v) is 11.4. The number of carbonyl (C=O) groups excluding carboxylic acids is 2. The SMILES string of the molecule is CC1CCCCN1CCCNC(=O)/C(=C/c1ccc(C(=O)NOC2CCCCO2)cc1)COc1cccc2ccccc12. The molecule has 228 valence electrons. The number of amides is 2. The van der Waals surface area contributed by atoms with Crippen LogP contribution in [-0.4, -0.2) is 61.9 Å². The molecule has 5 rings (SSSR count). The van der Waals surface area contributed by atoms with Crippen molar-refractivity contribution in [1.29, 1.82) is 0 Å². The Balaban J connectivity index is 1.23. The van der Waals surface area contributed by atoms with Crippen molar-refractivity contribution >= 4 is 28.7 Å². The van der Waals surface area contributed by atoms with Crippen molar-refractivity contribution in [2.24, 2.45) is 0 Å². The maximum atomic E-state index is 13.4. The topological polar surface area (TPSA) is 89.1 Å². The summed E-state index contributed by atoms with van der Waals surface area (Å²) in [5.41, 5.74) is 4.25. The van der Waals surface area contributed by atoms with E-state index in [1.54, 1.807) is 12.1 Å². The van der Waals surface area contributed by atoms with Gasteiger partial charge >= 0.3 is 0 Å². The van der Waals surface area contributed by atoms with E-state index in [0.29, 0.717) is 30.3 Å². The summed E-state index contributed by atoms with van der Waals surface area (Å²) in [7, 11) is 0. The Hall–Kier alpha value is -3.72. The van der Waals surface area contributed by atoms with Gasteiger partial charge in [0.15, 0.2) is 6.29 Å². The van der Waals surface area contributed by atoms with Gasteiger partial charge in [0.2, 0.25) is 0 Å². The van der Waals surface area contributed by atoms with E-state index in [-0.39, 0.29) is 18.4 Å². The standard InChI is InChI=1S/C35H43N3O5/c1-26-10-4-6-21-38(26)22-9-20-36-34(39)30(25-42-32-14-8-12-28-11-2-3-13-31(28)32)24-27-16-18-29(19-17-27)35(40)37-43-33-15-5-7-23-41-33/h2-3,8,11-14,16-19,24,26,33H,4-7,9-10,15,20-23,25H2,1H3,(H,36,39)(H,37,40)/b30-24+. The monoisotopic (exact) mass is 585 g/mol. The van der Waals surface area contributed by atoms with Crippen LogP contribution in [0.15, 0.2) is 72.3 Å². The highest BCUT2D eigenvalue weighted by Crippen LogP contribution is 2.26. The van der Waals surface area contributed by atoms with Crippen molar-refractivity contribution < 1.29 is 23.9 Å². The Morgan fingerprint density at radius 3 is 2.60 bits per heavy atom. The Kier molecular flexibility index (Phi) is 11.2. The molecule has 2 fully saturated rings. The van der Waals surface area contributed by atoms with E-state index in [9.17, 15) is 9.59 Å². The molecule has 2 unspecified atom stereocenters. The first-order valence-corrected chi connectivity index (χ1v) is 15.6.